The van der Waals surface area contributed by atoms with E-state index >= 15 is 0 Å². The molecule has 8 heteroatoms. The number of rotatable bonds is 7. The second kappa shape index (κ2) is 8.78. The Morgan fingerprint density at radius 2 is 1.85 bits per heavy atom. The van der Waals surface area contributed by atoms with E-state index in [0.29, 0.717) is 6.04 Å². The molecule has 0 spiro atoms. The Labute approximate surface area is 167 Å². The molecule has 0 unspecified atom stereocenters. The van der Waals surface area contributed by atoms with Crippen LogP contribution in [0.4, 0.5) is 0 Å². The van der Waals surface area contributed by atoms with Crippen LogP contribution in [0.25, 0.3) is 0 Å². The van der Waals surface area contributed by atoms with Crippen LogP contribution in [0.5, 0.6) is 0 Å². The monoisotopic (exact) mass is 393 g/mol. The lowest BCUT2D eigenvalue weighted by Crippen LogP contribution is -2.41. The number of aliphatic hydroxyl groups is 1. The zero-order valence-corrected chi connectivity index (χ0v) is 17.8. The molecule has 0 aliphatic carbocycles. The minimum Gasteiger partial charge on any atom is -0.399 e. The molecule has 2 saturated heterocycles. The molecule has 3 rings (SSSR count). The fourth-order valence-corrected chi connectivity index (χ4v) is 4.42. The van der Waals surface area contributed by atoms with Crippen molar-refractivity contribution < 1.29 is 14.4 Å². The highest BCUT2D eigenvalue weighted by molar-refractivity contribution is 7.99. The normalized spacial score (nSPS) is 25.1. The molecule has 1 N–H and O–H groups in total. The maximum absolute atomic E-state index is 9.23. The van der Waals surface area contributed by atoms with Crippen LogP contribution in [0.1, 0.15) is 53.4 Å². The van der Waals surface area contributed by atoms with Crippen molar-refractivity contribution in [1.82, 2.24) is 14.9 Å². The van der Waals surface area contributed by atoms with Crippen molar-refractivity contribution in [3.05, 3.63) is 12.4 Å². The first-order valence-electron chi connectivity index (χ1n) is 9.98. The van der Waals surface area contributed by atoms with Crippen molar-refractivity contribution in [3.8, 4) is 0 Å². The Balaban J connectivity index is 1.50. The first kappa shape index (κ1) is 21.1. The second-order valence-electron chi connectivity index (χ2n) is 8.43. The summed E-state index contributed by atoms with van der Waals surface area (Å²) in [5, 5.41) is 10.0. The maximum atomic E-state index is 9.23. The molecule has 0 amide bonds. The van der Waals surface area contributed by atoms with Crippen LogP contribution >= 0.6 is 11.8 Å². The smallest absolute Gasteiger partial charge is 0.399 e. The van der Waals surface area contributed by atoms with E-state index in [2.05, 4.69) is 14.9 Å². The lowest BCUT2D eigenvalue weighted by atomic mass is 9.81. The zero-order chi connectivity index (χ0) is 19.5. The molecule has 0 saturated carbocycles. The van der Waals surface area contributed by atoms with Gasteiger partial charge in [0.25, 0.3) is 0 Å². The van der Waals surface area contributed by atoms with Crippen molar-refractivity contribution in [2.45, 2.75) is 75.8 Å². The van der Waals surface area contributed by atoms with Crippen LogP contribution in [0.2, 0.25) is 0 Å². The van der Waals surface area contributed by atoms with Gasteiger partial charge in [-0.2, -0.15) is 0 Å². The van der Waals surface area contributed by atoms with Crippen LogP contribution < -0.4 is 5.46 Å². The van der Waals surface area contributed by atoms with Crippen LogP contribution in [-0.4, -0.2) is 69.8 Å². The number of hydrogen-bond acceptors (Lipinski definition) is 7. The van der Waals surface area contributed by atoms with Gasteiger partial charge < -0.3 is 14.4 Å². The van der Waals surface area contributed by atoms with Crippen LogP contribution in [0.3, 0.4) is 0 Å². The predicted octanol–water partition coefficient (Wildman–Crippen LogP) is 2.10. The predicted molar refractivity (Wildman–Crippen MR) is 109 cm³/mol. The van der Waals surface area contributed by atoms with E-state index < -0.39 is 7.12 Å². The molecule has 1 aromatic rings. The Hall–Kier alpha value is -0.665. The fraction of sp³-hybridized carbons (Fsp3) is 0.789. The minimum atomic E-state index is -0.414. The van der Waals surface area contributed by atoms with Crippen LogP contribution in [0.15, 0.2) is 17.6 Å². The topological polar surface area (TPSA) is 67.7 Å². The Morgan fingerprint density at radius 1 is 1.19 bits per heavy atom. The van der Waals surface area contributed by atoms with Gasteiger partial charge in [-0.25, -0.2) is 9.97 Å². The molecule has 2 aliphatic rings. The highest BCUT2D eigenvalue weighted by atomic mass is 32.2. The largest absolute Gasteiger partial charge is 0.498 e. The van der Waals surface area contributed by atoms with Gasteiger partial charge in [0.1, 0.15) is 0 Å². The van der Waals surface area contributed by atoms with Crippen LogP contribution in [0, 0.1) is 0 Å². The molecule has 1 atom stereocenters. The first-order valence-corrected chi connectivity index (χ1v) is 11.0. The Bertz CT molecular complexity index is 597. The third-order valence-corrected chi connectivity index (χ3v) is 6.90. The van der Waals surface area contributed by atoms with E-state index in [9.17, 15) is 5.11 Å². The van der Waals surface area contributed by atoms with Gasteiger partial charge in [-0.3, -0.25) is 4.90 Å². The van der Waals surface area contributed by atoms with Crippen LogP contribution in [-0.2, 0) is 9.31 Å². The summed E-state index contributed by atoms with van der Waals surface area (Å²) in [4.78, 5) is 11.4. The van der Waals surface area contributed by atoms with Gasteiger partial charge >= 0.3 is 7.12 Å². The summed E-state index contributed by atoms with van der Waals surface area (Å²) in [6, 6.07) is 0.572. The van der Waals surface area contributed by atoms with Crippen molar-refractivity contribution in [2.24, 2.45) is 0 Å². The van der Waals surface area contributed by atoms with Crippen molar-refractivity contribution in [3.63, 3.8) is 0 Å². The summed E-state index contributed by atoms with van der Waals surface area (Å²) in [5.74, 6) is 0.989. The van der Waals surface area contributed by atoms with Gasteiger partial charge in [-0.05, 0) is 53.5 Å². The van der Waals surface area contributed by atoms with Crippen molar-refractivity contribution >= 4 is 24.3 Å². The number of β-amino-alcohol motifs (C(OH)–C–C–N with tert-alkyl or cyclic N) is 1. The van der Waals surface area contributed by atoms with E-state index in [1.807, 2.05) is 40.1 Å². The number of aromatic nitrogens is 2. The molecule has 1 aromatic heterocycles. The number of piperidine rings is 1. The molecule has 27 heavy (non-hydrogen) atoms. The van der Waals surface area contributed by atoms with Gasteiger partial charge in [-0.15, -0.1) is 0 Å². The summed E-state index contributed by atoms with van der Waals surface area (Å²) in [5.41, 5.74) is 0.149. The van der Waals surface area contributed by atoms with Gasteiger partial charge in [0.05, 0.1) is 17.8 Å². The number of aliphatic hydroxyl groups excluding tert-OH is 1. The van der Waals surface area contributed by atoms with Gasteiger partial charge in [0.2, 0.25) is 0 Å². The highest BCUT2D eigenvalue weighted by Crippen LogP contribution is 2.36. The Morgan fingerprint density at radius 3 is 2.48 bits per heavy atom. The molecule has 2 fully saturated rings. The average Bonchev–Trinajstić information content (AvgIpc) is 2.85. The minimum absolute atomic E-state index is 0.243. The molecule has 0 aromatic carbocycles. The molecule has 150 valence electrons. The summed E-state index contributed by atoms with van der Waals surface area (Å²) >= 11 is 1.69. The SMILES string of the molecule is CC1(C)OB(c2cnc(SCC[C@H]3CCCCN3CCO)nc2)OC1(C)C. The lowest BCUT2D eigenvalue weighted by molar-refractivity contribution is 0.00578. The second-order valence-corrected chi connectivity index (χ2v) is 9.50. The zero-order valence-electron chi connectivity index (χ0n) is 17.0. The van der Waals surface area contributed by atoms with Crippen molar-refractivity contribution in [1.29, 1.82) is 0 Å². The van der Waals surface area contributed by atoms with E-state index in [1.54, 1.807) is 11.8 Å². The molecule has 6 nitrogen and oxygen atoms in total. The summed E-state index contributed by atoms with van der Waals surface area (Å²) in [6.45, 7) is 10.3. The third kappa shape index (κ3) is 5.04. The van der Waals surface area contributed by atoms with E-state index in [1.165, 1.54) is 19.3 Å². The fourth-order valence-electron chi connectivity index (χ4n) is 3.60. The molecule has 0 radical (unpaired) electrons. The van der Waals surface area contributed by atoms with Crippen molar-refractivity contribution in [2.75, 3.05) is 25.4 Å². The summed E-state index contributed by atoms with van der Waals surface area (Å²) in [6.07, 6.45) is 8.49. The average molecular weight is 393 g/mol. The quantitative estimate of drug-likeness (QED) is 0.432. The Kier molecular flexibility index (Phi) is 6.85. The van der Waals surface area contributed by atoms with E-state index in [0.717, 1.165) is 35.9 Å². The first-order chi connectivity index (χ1) is 12.8. The standard InChI is InChI=1S/C19H32BN3O3S/c1-18(2)19(3,4)26-20(25-18)15-13-21-17(22-14-15)27-12-8-16-7-5-6-9-23(16)10-11-24/h13-14,16,24H,5-12H2,1-4H3/t16-/m1/s1. The molecule has 3 heterocycles. The number of nitrogens with zero attached hydrogens (tertiary/aromatic N) is 3. The number of likely N-dealkylation sites (tertiary alicyclic amines) is 1. The lowest BCUT2D eigenvalue weighted by Gasteiger charge is -2.35. The molecular formula is C19H32BN3O3S. The molecular weight excluding hydrogens is 361 g/mol. The summed E-state index contributed by atoms with van der Waals surface area (Å²) < 4.78 is 12.1. The van der Waals surface area contributed by atoms with E-state index in [-0.39, 0.29) is 17.8 Å². The number of thioether (sulfide) groups is 1. The molecule has 2 aliphatic heterocycles. The van der Waals surface area contributed by atoms with Gasteiger partial charge in [0, 0.05) is 36.2 Å². The summed E-state index contributed by atoms with van der Waals surface area (Å²) in [7, 11) is -0.414. The third-order valence-electron chi connectivity index (χ3n) is 5.99. The number of hydrogen-bond donors (Lipinski definition) is 1. The van der Waals surface area contributed by atoms with Gasteiger partial charge in [-0.1, -0.05) is 18.2 Å². The van der Waals surface area contributed by atoms with Gasteiger partial charge in [0.15, 0.2) is 5.16 Å². The highest BCUT2D eigenvalue weighted by Gasteiger charge is 2.51. The molecule has 0 bridgehead atoms. The maximum Gasteiger partial charge on any atom is 0.498 e. The van der Waals surface area contributed by atoms with E-state index in [4.69, 9.17) is 9.31 Å².